The molecular formula is C24H34N4O3S. The van der Waals surface area contributed by atoms with Crippen LogP contribution in [0.5, 0.6) is 5.75 Å². The zero-order chi connectivity index (χ0) is 23.1. The van der Waals surface area contributed by atoms with E-state index in [1.54, 1.807) is 16.4 Å². The minimum Gasteiger partial charge on any atom is -0.494 e. The molecule has 3 rings (SSSR count). The van der Waals surface area contributed by atoms with Gasteiger partial charge in [0.15, 0.2) is 0 Å². The lowest BCUT2D eigenvalue weighted by atomic mass is 9.95. The van der Waals surface area contributed by atoms with Gasteiger partial charge in [-0.05, 0) is 51.3 Å². The molecular weight excluding hydrogens is 424 g/mol. The standard InChI is InChI=1S/C24H34N4O3S/c1-6-8-9-14-30-19-12-10-18(11-13-19)21-20(22(29)31-16(3)4)17(5)25-23-26-24(27-28(21)23)32-15-7-2/h10-13,16,21H,6-9,14-15H2,1-5H3,(H,25,26,27). The molecule has 1 N–H and O–H groups in total. The predicted octanol–water partition coefficient (Wildman–Crippen LogP) is 5.59. The Hall–Kier alpha value is -2.48. The number of nitrogens with zero attached hydrogens (tertiary/aromatic N) is 3. The zero-order valence-electron chi connectivity index (χ0n) is 19.7. The smallest absolute Gasteiger partial charge is 0.338 e. The molecule has 1 aliphatic heterocycles. The quantitative estimate of drug-likeness (QED) is 0.267. The summed E-state index contributed by atoms with van der Waals surface area (Å²) in [6, 6.07) is 7.47. The fourth-order valence-corrected chi connectivity index (χ4v) is 4.21. The average molecular weight is 459 g/mol. The van der Waals surface area contributed by atoms with Crippen LogP contribution >= 0.6 is 11.8 Å². The number of hydrogen-bond donors (Lipinski definition) is 1. The topological polar surface area (TPSA) is 78.3 Å². The van der Waals surface area contributed by atoms with Crippen LogP contribution < -0.4 is 10.1 Å². The Balaban J connectivity index is 1.93. The number of hydrogen-bond acceptors (Lipinski definition) is 7. The van der Waals surface area contributed by atoms with Crippen molar-refractivity contribution >= 4 is 23.7 Å². The molecule has 1 aromatic carbocycles. The third-order valence-electron chi connectivity index (χ3n) is 5.04. The molecule has 0 spiro atoms. The number of esters is 1. The third-order valence-corrected chi connectivity index (χ3v) is 6.09. The van der Waals surface area contributed by atoms with E-state index in [4.69, 9.17) is 14.6 Å². The lowest BCUT2D eigenvalue weighted by Crippen LogP contribution is -2.30. The highest BCUT2D eigenvalue weighted by Crippen LogP contribution is 2.37. The largest absolute Gasteiger partial charge is 0.494 e. The highest BCUT2D eigenvalue weighted by atomic mass is 32.2. The lowest BCUT2D eigenvalue weighted by Gasteiger charge is -2.28. The van der Waals surface area contributed by atoms with Gasteiger partial charge in [0.05, 0.1) is 18.3 Å². The van der Waals surface area contributed by atoms with E-state index in [1.165, 1.54) is 0 Å². The van der Waals surface area contributed by atoms with Gasteiger partial charge in [-0.3, -0.25) is 0 Å². The molecule has 7 nitrogen and oxygen atoms in total. The van der Waals surface area contributed by atoms with Gasteiger partial charge < -0.3 is 14.8 Å². The van der Waals surface area contributed by atoms with E-state index in [-0.39, 0.29) is 12.1 Å². The second kappa shape index (κ2) is 11.4. The van der Waals surface area contributed by atoms with Crippen molar-refractivity contribution in [2.24, 2.45) is 0 Å². The first-order chi connectivity index (χ1) is 15.4. The maximum atomic E-state index is 13.0. The fraction of sp³-hybridized carbons (Fsp3) is 0.542. The van der Waals surface area contributed by atoms with Crippen LogP contribution in [0.25, 0.3) is 0 Å². The monoisotopic (exact) mass is 458 g/mol. The number of aromatic nitrogens is 3. The molecule has 2 aromatic rings. The van der Waals surface area contributed by atoms with Gasteiger partial charge in [-0.2, -0.15) is 4.98 Å². The fourth-order valence-electron chi connectivity index (χ4n) is 3.52. The van der Waals surface area contributed by atoms with Crippen molar-refractivity contribution in [1.29, 1.82) is 0 Å². The van der Waals surface area contributed by atoms with Gasteiger partial charge in [-0.1, -0.05) is 50.6 Å². The van der Waals surface area contributed by atoms with Crippen LogP contribution in [0.1, 0.15) is 71.9 Å². The Morgan fingerprint density at radius 3 is 2.59 bits per heavy atom. The molecule has 0 saturated heterocycles. The van der Waals surface area contributed by atoms with Crippen molar-refractivity contribution in [2.45, 2.75) is 77.6 Å². The van der Waals surface area contributed by atoms with Crippen LogP contribution in [0.4, 0.5) is 5.95 Å². The third kappa shape index (κ3) is 5.85. The van der Waals surface area contributed by atoms with Crippen molar-refractivity contribution < 1.29 is 14.3 Å². The molecule has 0 saturated carbocycles. The van der Waals surface area contributed by atoms with Gasteiger partial charge >= 0.3 is 5.97 Å². The molecule has 0 radical (unpaired) electrons. The molecule has 0 aliphatic carbocycles. The molecule has 0 bridgehead atoms. The number of unbranched alkanes of at least 4 members (excludes halogenated alkanes) is 2. The van der Waals surface area contributed by atoms with Gasteiger partial charge in [0, 0.05) is 11.4 Å². The minimum atomic E-state index is -0.421. The summed E-state index contributed by atoms with van der Waals surface area (Å²) in [6.07, 6.45) is 4.19. The highest BCUT2D eigenvalue weighted by Gasteiger charge is 2.35. The number of thioether (sulfide) groups is 1. The molecule has 32 heavy (non-hydrogen) atoms. The van der Waals surface area contributed by atoms with Crippen LogP contribution in [0.2, 0.25) is 0 Å². The molecule has 1 atom stereocenters. The number of ether oxygens (including phenoxy) is 2. The SMILES string of the molecule is CCCCCOc1ccc(C2C(C(=O)OC(C)C)=C(C)Nc3nc(SCCC)nn32)cc1. The Morgan fingerprint density at radius 2 is 1.94 bits per heavy atom. The first-order valence-electron chi connectivity index (χ1n) is 11.4. The van der Waals surface area contributed by atoms with Crippen molar-refractivity contribution in [3.05, 3.63) is 41.1 Å². The molecule has 2 heterocycles. The summed E-state index contributed by atoms with van der Waals surface area (Å²) in [5.74, 6) is 2.04. The number of carbonyl (C=O) groups excluding carboxylic acids is 1. The van der Waals surface area contributed by atoms with E-state index in [9.17, 15) is 4.79 Å². The number of rotatable bonds is 11. The zero-order valence-corrected chi connectivity index (χ0v) is 20.5. The number of allylic oxidation sites excluding steroid dienone is 1. The Bertz CT molecular complexity index is 937. The molecule has 0 fully saturated rings. The van der Waals surface area contributed by atoms with Crippen LogP contribution in [0.15, 0.2) is 40.7 Å². The summed E-state index contributed by atoms with van der Waals surface area (Å²) < 4.78 is 13.2. The number of carbonyl (C=O) groups is 1. The molecule has 174 valence electrons. The molecule has 1 unspecified atom stereocenters. The Labute approximate surface area is 195 Å². The van der Waals surface area contributed by atoms with Gasteiger partial charge in [-0.25, -0.2) is 9.48 Å². The highest BCUT2D eigenvalue weighted by molar-refractivity contribution is 7.99. The Kier molecular flexibility index (Phi) is 8.61. The van der Waals surface area contributed by atoms with Crippen molar-refractivity contribution in [1.82, 2.24) is 14.8 Å². The van der Waals surface area contributed by atoms with Gasteiger partial charge in [0.25, 0.3) is 0 Å². The summed E-state index contributed by atoms with van der Waals surface area (Å²) >= 11 is 1.61. The first-order valence-corrected chi connectivity index (χ1v) is 12.4. The maximum Gasteiger partial charge on any atom is 0.338 e. The number of benzene rings is 1. The number of anilines is 1. The summed E-state index contributed by atoms with van der Waals surface area (Å²) in [5.41, 5.74) is 2.20. The minimum absolute atomic E-state index is 0.213. The Morgan fingerprint density at radius 1 is 1.19 bits per heavy atom. The van der Waals surface area contributed by atoms with Crippen molar-refractivity contribution in [2.75, 3.05) is 17.7 Å². The van der Waals surface area contributed by atoms with Crippen LogP contribution in [-0.2, 0) is 9.53 Å². The maximum absolute atomic E-state index is 13.0. The lowest BCUT2D eigenvalue weighted by molar-refractivity contribution is -0.143. The van der Waals surface area contributed by atoms with Crippen molar-refractivity contribution in [3.63, 3.8) is 0 Å². The second-order valence-corrected chi connectivity index (χ2v) is 9.22. The van der Waals surface area contributed by atoms with Crippen LogP contribution in [-0.4, -0.2) is 39.2 Å². The number of fused-ring (bicyclic) bond motifs is 1. The van der Waals surface area contributed by atoms with E-state index >= 15 is 0 Å². The van der Waals surface area contributed by atoms with E-state index in [2.05, 4.69) is 24.1 Å². The van der Waals surface area contributed by atoms with E-state index in [1.807, 2.05) is 45.0 Å². The van der Waals surface area contributed by atoms with E-state index < -0.39 is 6.04 Å². The van der Waals surface area contributed by atoms with Gasteiger partial charge in [-0.15, -0.1) is 5.10 Å². The predicted molar refractivity (Wildman–Crippen MR) is 128 cm³/mol. The van der Waals surface area contributed by atoms with Gasteiger partial charge in [0.1, 0.15) is 11.8 Å². The van der Waals surface area contributed by atoms with Crippen LogP contribution in [0.3, 0.4) is 0 Å². The molecule has 1 aliphatic rings. The normalized spacial score (nSPS) is 15.5. The van der Waals surface area contributed by atoms with Crippen molar-refractivity contribution in [3.8, 4) is 5.75 Å². The summed E-state index contributed by atoms with van der Waals surface area (Å²) in [4.78, 5) is 17.7. The van der Waals surface area contributed by atoms with Gasteiger partial charge in [0.2, 0.25) is 11.1 Å². The first kappa shape index (κ1) is 24.2. The average Bonchev–Trinajstić information content (AvgIpc) is 3.16. The van der Waals surface area contributed by atoms with E-state index in [0.29, 0.717) is 23.3 Å². The summed E-state index contributed by atoms with van der Waals surface area (Å²) in [7, 11) is 0. The summed E-state index contributed by atoms with van der Waals surface area (Å²) in [5, 5.41) is 8.66. The molecule has 8 heteroatoms. The number of nitrogens with one attached hydrogen (secondary N) is 1. The van der Waals surface area contributed by atoms with E-state index in [0.717, 1.165) is 48.4 Å². The summed E-state index contributed by atoms with van der Waals surface area (Å²) in [6.45, 7) is 10.6. The molecule has 1 aromatic heterocycles. The van der Waals surface area contributed by atoms with Crippen LogP contribution in [0, 0.1) is 0 Å². The molecule has 0 amide bonds. The second-order valence-electron chi connectivity index (χ2n) is 8.16.